The van der Waals surface area contributed by atoms with Gasteiger partial charge in [-0.3, -0.25) is 4.79 Å². The van der Waals surface area contributed by atoms with E-state index in [1.165, 1.54) is 5.56 Å². The number of nitrogens with one attached hydrogen (secondary N) is 1. The van der Waals surface area contributed by atoms with E-state index in [9.17, 15) is 4.79 Å². The van der Waals surface area contributed by atoms with Crippen molar-refractivity contribution in [2.45, 2.75) is 32.7 Å². The lowest BCUT2D eigenvalue weighted by Crippen LogP contribution is -2.32. The number of hydrogen-bond acceptors (Lipinski definition) is 4. The smallest absolute Gasteiger partial charge is 0.257 e. The molecule has 3 rings (SSSR count). The van der Waals surface area contributed by atoms with E-state index < -0.39 is 0 Å². The van der Waals surface area contributed by atoms with Crippen molar-refractivity contribution >= 4 is 5.91 Å². The minimum Gasteiger partial charge on any atom is -0.350 e. The Hall–Kier alpha value is -2.95. The van der Waals surface area contributed by atoms with E-state index in [1.807, 2.05) is 37.3 Å². The first-order chi connectivity index (χ1) is 12.1. The summed E-state index contributed by atoms with van der Waals surface area (Å²) in [7, 11) is 0. The van der Waals surface area contributed by atoms with E-state index in [1.54, 1.807) is 19.1 Å². The number of nitrogens with zero attached hydrogens (tertiary/aromatic N) is 2. The number of benzene rings is 2. The quantitative estimate of drug-likeness (QED) is 0.744. The number of aromatic nitrogens is 2. The Bertz CT molecular complexity index is 826. The van der Waals surface area contributed by atoms with E-state index >= 15 is 0 Å². The van der Waals surface area contributed by atoms with Gasteiger partial charge in [0.15, 0.2) is 5.82 Å². The number of rotatable bonds is 6. The van der Waals surface area contributed by atoms with E-state index in [2.05, 4.69) is 27.6 Å². The molecule has 1 heterocycles. The summed E-state index contributed by atoms with van der Waals surface area (Å²) in [4.78, 5) is 16.5. The average Bonchev–Trinajstić information content (AvgIpc) is 3.07. The van der Waals surface area contributed by atoms with Crippen molar-refractivity contribution in [3.05, 3.63) is 71.5 Å². The molecule has 1 atom stereocenters. The lowest BCUT2D eigenvalue weighted by atomic mass is 10.1. The predicted octanol–water partition coefficient (Wildman–Crippen LogP) is 3.80. The van der Waals surface area contributed by atoms with Crippen LogP contribution >= 0.6 is 0 Å². The third-order valence-corrected chi connectivity index (χ3v) is 4.01. The van der Waals surface area contributed by atoms with Crippen LogP contribution in [0.1, 0.15) is 35.1 Å². The van der Waals surface area contributed by atoms with Crippen LogP contribution in [0.5, 0.6) is 0 Å². The number of hydrogen-bond donors (Lipinski definition) is 1. The highest BCUT2D eigenvalue weighted by Crippen LogP contribution is 2.17. The fourth-order valence-corrected chi connectivity index (χ4v) is 2.59. The summed E-state index contributed by atoms with van der Waals surface area (Å²) >= 11 is 0. The summed E-state index contributed by atoms with van der Waals surface area (Å²) in [6, 6.07) is 17.6. The first kappa shape index (κ1) is 16.9. The van der Waals surface area contributed by atoms with E-state index in [0.717, 1.165) is 18.4 Å². The number of carbonyl (C=O) groups excluding carboxylic acids is 1. The minimum atomic E-state index is -0.0752. The van der Waals surface area contributed by atoms with Gasteiger partial charge in [-0.15, -0.1) is 0 Å². The van der Waals surface area contributed by atoms with Crippen LogP contribution in [-0.4, -0.2) is 22.1 Å². The largest absolute Gasteiger partial charge is 0.350 e. The molecule has 1 amide bonds. The molecule has 128 valence electrons. The van der Waals surface area contributed by atoms with E-state index in [-0.39, 0.29) is 11.9 Å². The van der Waals surface area contributed by atoms with Crippen molar-refractivity contribution < 1.29 is 9.32 Å². The van der Waals surface area contributed by atoms with Crippen LogP contribution in [0, 0.1) is 6.92 Å². The molecule has 0 radical (unpaired) electrons. The van der Waals surface area contributed by atoms with E-state index in [4.69, 9.17) is 4.52 Å². The SMILES string of the molecule is Cc1noc(-c2ccc(C(=O)N[C@H](C)CCc3ccccc3)cc2)n1. The molecule has 0 unspecified atom stereocenters. The Balaban J connectivity index is 1.55. The van der Waals surface area contributed by atoms with Crippen molar-refractivity contribution in [3.8, 4) is 11.5 Å². The zero-order valence-corrected chi connectivity index (χ0v) is 14.4. The molecule has 5 heteroatoms. The lowest BCUT2D eigenvalue weighted by molar-refractivity contribution is 0.0938. The molecule has 0 saturated heterocycles. The molecule has 2 aromatic carbocycles. The highest BCUT2D eigenvalue weighted by Gasteiger charge is 2.11. The van der Waals surface area contributed by atoms with Gasteiger partial charge < -0.3 is 9.84 Å². The summed E-state index contributed by atoms with van der Waals surface area (Å²) < 4.78 is 5.13. The Labute approximate surface area is 147 Å². The highest BCUT2D eigenvalue weighted by atomic mass is 16.5. The predicted molar refractivity (Wildman–Crippen MR) is 96.2 cm³/mol. The molecule has 25 heavy (non-hydrogen) atoms. The number of carbonyl (C=O) groups is 1. The fourth-order valence-electron chi connectivity index (χ4n) is 2.59. The Morgan fingerprint density at radius 1 is 1.12 bits per heavy atom. The molecular formula is C20H21N3O2. The first-order valence-corrected chi connectivity index (χ1v) is 8.37. The summed E-state index contributed by atoms with van der Waals surface area (Å²) in [6.45, 7) is 3.79. The molecule has 0 aliphatic rings. The van der Waals surface area contributed by atoms with Crippen LogP contribution < -0.4 is 5.32 Å². The van der Waals surface area contributed by atoms with Gasteiger partial charge in [-0.2, -0.15) is 4.98 Å². The second-order valence-electron chi connectivity index (χ2n) is 6.12. The summed E-state index contributed by atoms with van der Waals surface area (Å²) in [5.74, 6) is 0.971. The third-order valence-electron chi connectivity index (χ3n) is 4.01. The molecular weight excluding hydrogens is 314 g/mol. The summed E-state index contributed by atoms with van der Waals surface area (Å²) in [5.41, 5.74) is 2.70. The first-order valence-electron chi connectivity index (χ1n) is 8.37. The molecule has 3 aromatic rings. The van der Waals surface area contributed by atoms with Gasteiger partial charge in [-0.25, -0.2) is 0 Å². The lowest BCUT2D eigenvalue weighted by Gasteiger charge is -2.14. The van der Waals surface area contributed by atoms with Crippen LogP contribution in [-0.2, 0) is 6.42 Å². The molecule has 1 N–H and O–H groups in total. The van der Waals surface area contributed by atoms with Crippen molar-refractivity contribution in [2.24, 2.45) is 0 Å². The molecule has 0 spiro atoms. The van der Waals surface area contributed by atoms with Crippen LogP contribution in [0.4, 0.5) is 0 Å². The Morgan fingerprint density at radius 2 is 1.84 bits per heavy atom. The molecule has 0 aliphatic carbocycles. The minimum absolute atomic E-state index is 0.0752. The number of aryl methyl sites for hydroxylation is 2. The van der Waals surface area contributed by atoms with Crippen LogP contribution in [0.2, 0.25) is 0 Å². The van der Waals surface area contributed by atoms with Crippen LogP contribution in [0.3, 0.4) is 0 Å². The summed E-state index contributed by atoms with van der Waals surface area (Å²) in [5, 5.41) is 6.81. The highest BCUT2D eigenvalue weighted by molar-refractivity contribution is 5.94. The van der Waals surface area contributed by atoms with Crippen molar-refractivity contribution in [3.63, 3.8) is 0 Å². The molecule has 5 nitrogen and oxygen atoms in total. The molecule has 0 saturated carbocycles. The summed E-state index contributed by atoms with van der Waals surface area (Å²) in [6.07, 6.45) is 1.84. The molecule has 1 aromatic heterocycles. The van der Waals surface area contributed by atoms with Gasteiger partial charge in [0.25, 0.3) is 11.8 Å². The monoisotopic (exact) mass is 335 g/mol. The second kappa shape index (κ2) is 7.75. The third kappa shape index (κ3) is 4.53. The van der Waals surface area contributed by atoms with Crippen LogP contribution in [0.25, 0.3) is 11.5 Å². The second-order valence-corrected chi connectivity index (χ2v) is 6.12. The maximum Gasteiger partial charge on any atom is 0.257 e. The van der Waals surface area contributed by atoms with E-state index in [0.29, 0.717) is 17.3 Å². The normalized spacial score (nSPS) is 11.9. The zero-order valence-electron chi connectivity index (χ0n) is 14.4. The molecule has 0 fully saturated rings. The average molecular weight is 335 g/mol. The Morgan fingerprint density at radius 3 is 2.48 bits per heavy atom. The van der Waals surface area contributed by atoms with Crippen molar-refractivity contribution in [1.29, 1.82) is 0 Å². The zero-order chi connectivity index (χ0) is 17.6. The van der Waals surface area contributed by atoms with Gasteiger partial charge in [-0.05, 0) is 56.5 Å². The maximum atomic E-state index is 12.4. The van der Waals surface area contributed by atoms with Gasteiger partial charge in [0.1, 0.15) is 0 Å². The van der Waals surface area contributed by atoms with Gasteiger partial charge in [-0.1, -0.05) is 35.5 Å². The number of amides is 1. The van der Waals surface area contributed by atoms with Crippen molar-refractivity contribution in [1.82, 2.24) is 15.5 Å². The molecule has 0 aliphatic heterocycles. The molecule has 0 bridgehead atoms. The standard InChI is InChI=1S/C20H21N3O2/c1-14(8-9-16-6-4-3-5-7-16)21-19(24)17-10-12-18(13-11-17)20-22-15(2)23-25-20/h3-7,10-14H,8-9H2,1-2H3,(H,21,24)/t14-/m1/s1. The van der Waals surface area contributed by atoms with Crippen molar-refractivity contribution in [2.75, 3.05) is 0 Å². The van der Waals surface area contributed by atoms with Gasteiger partial charge in [0, 0.05) is 17.2 Å². The van der Waals surface area contributed by atoms with Crippen LogP contribution in [0.15, 0.2) is 59.1 Å². The topological polar surface area (TPSA) is 68.0 Å². The van der Waals surface area contributed by atoms with Gasteiger partial charge in [0.05, 0.1) is 0 Å². The van der Waals surface area contributed by atoms with Gasteiger partial charge >= 0.3 is 0 Å². The fraction of sp³-hybridized carbons (Fsp3) is 0.250. The Kier molecular flexibility index (Phi) is 5.23. The van der Waals surface area contributed by atoms with Gasteiger partial charge in [0.2, 0.25) is 0 Å². The maximum absolute atomic E-state index is 12.4.